The highest BCUT2D eigenvalue weighted by atomic mass is 16.7. The number of hydrogen-bond donors (Lipinski definition) is 9. The Hall–Kier alpha value is -1.27. The molecular weight excluding hydrogens is 1070 g/mol. The number of allylic oxidation sites excluding steroid dienone is 1. The highest BCUT2D eigenvalue weighted by molar-refractivity contribution is 5.76. The molecule has 0 aromatic rings. The minimum Gasteiger partial charge on any atom is -0.394 e. The van der Waals surface area contributed by atoms with Crippen LogP contribution < -0.4 is 5.32 Å². The number of carbonyl (C=O) groups is 1. The van der Waals surface area contributed by atoms with Crippen molar-refractivity contribution in [3.8, 4) is 0 Å². The molecule has 0 saturated carbocycles. The molecule has 1 amide bonds. The second-order valence-electron chi connectivity index (χ2n) is 26.1. The molecule has 2 rings (SSSR count). The zero-order chi connectivity index (χ0) is 61.6. The molecule has 12 unspecified atom stereocenters. The second kappa shape index (κ2) is 56.7. The van der Waals surface area contributed by atoms with E-state index in [2.05, 4.69) is 19.2 Å². The number of unbranched alkanes of at least 4 members (excludes halogenated alkanes) is 48. The quantitative estimate of drug-likeness (QED) is 0.0204. The first-order valence-electron chi connectivity index (χ1n) is 36.4. The molecule has 0 bridgehead atoms. The topological polar surface area (TPSA) is 228 Å². The molecule has 14 nitrogen and oxygen atoms in total. The number of amides is 1. The van der Waals surface area contributed by atoms with Gasteiger partial charge in [-0.2, -0.15) is 0 Å². The van der Waals surface area contributed by atoms with Crippen molar-refractivity contribution >= 4 is 5.91 Å². The Morgan fingerprint density at radius 2 is 0.729 bits per heavy atom. The van der Waals surface area contributed by atoms with Crippen LogP contribution in [0, 0.1) is 0 Å². The van der Waals surface area contributed by atoms with E-state index in [1.54, 1.807) is 6.08 Å². The van der Waals surface area contributed by atoms with Crippen LogP contribution in [-0.2, 0) is 23.7 Å². The van der Waals surface area contributed by atoms with Crippen LogP contribution in [0.5, 0.6) is 0 Å². The van der Waals surface area contributed by atoms with Crippen LogP contribution in [0.15, 0.2) is 12.2 Å². The van der Waals surface area contributed by atoms with Crippen LogP contribution in [0.2, 0.25) is 0 Å². The van der Waals surface area contributed by atoms with Gasteiger partial charge in [0.2, 0.25) is 5.91 Å². The van der Waals surface area contributed by atoms with Gasteiger partial charge in [-0.1, -0.05) is 328 Å². The van der Waals surface area contributed by atoms with E-state index in [0.29, 0.717) is 6.42 Å². The Morgan fingerprint density at radius 3 is 1.08 bits per heavy atom. The van der Waals surface area contributed by atoms with Gasteiger partial charge in [-0.15, -0.1) is 0 Å². The zero-order valence-corrected chi connectivity index (χ0v) is 54.9. The minimum atomic E-state index is -1.79. The normalized spacial score (nSPS) is 23.5. The van der Waals surface area contributed by atoms with E-state index in [-0.39, 0.29) is 18.9 Å². The van der Waals surface area contributed by atoms with Crippen molar-refractivity contribution in [2.45, 2.75) is 415 Å². The van der Waals surface area contributed by atoms with Crippen LogP contribution in [-0.4, -0.2) is 140 Å². The van der Waals surface area contributed by atoms with Gasteiger partial charge in [-0.25, -0.2) is 0 Å². The molecular formula is C71H137NO13. The maximum Gasteiger partial charge on any atom is 0.220 e. The molecule has 0 aromatic heterocycles. The predicted molar refractivity (Wildman–Crippen MR) is 346 cm³/mol. The second-order valence-corrected chi connectivity index (χ2v) is 26.1. The third-order valence-electron chi connectivity index (χ3n) is 18.2. The van der Waals surface area contributed by atoms with E-state index < -0.39 is 86.8 Å². The third-order valence-corrected chi connectivity index (χ3v) is 18.2. The van der Waals surface area contributed by atoms with Crippen molar-refractivity contribution < 1.29 is 64.6 Å². The highest BCUT2D eigenvalue weighted by Gasteiger charge is 2.51. The number of ether oxygens (including phenoxy) is 4. The maximum absolute atomic E-state index is 13.3. The van der Waals surface area contributed by atoms with E-state index in [1.807, 2.05) is 6.08 Å². The molecule has 12 atom stereocenters. The summed E-state index contributed by atoms with van der Waals surface area (Å²) in [7, 11) is 0. The lowest BCUT2D eigenvalue weighted by Crippen LogP contribution is -2.65. The van der Waals surface area contributed by atoms with Gasteiger partial charge in [-0.3, -0.25) is 4.79 Å². The maximum atomic E-state index is 13.3. The van der Waals surface area contributed by atoms with Crippen molar-refractivity contribution in [2.24, 2.45) is 0 Å². The lowest BCUT2D eigenvalue weighted by molar-refractivity contribution is -0.359. The molecule has 0 aromatic carbocycles. The molecule has 0 spiro atoms. The summed E-state index contributed by atoms with van der Waals surface area (Å²) in [4.78, 5) is 13.3. The van der Waals surface area contributed by atoms with Gasteiger partial charge in [0.25, 0.3) is 0 Å². The fourth-order valence-electron chi connectivity index (χ4n) is 12.4. The van der Waals surface area contributed by atoms with Crippen molar-refractivity contribution in [1.82, 2.24) is 5.32 Å². The Balaban J connectivity index is 1.54. The average Bonchev–Trinajstić information content (AvgIpc) is 3.61. The van der Waals surface area contributed by atoms with E-state index in [0.717, 1.165) is 38.5 Å². The molecule has 2 saturated heterocycles. The van der Waals surface area contributed by atoms with Crippen LogP contribution in [0.1, 0.15) is 341 Å². The van der Waals surface area contributed by atoms with Crippen molar-refractivity contribution in [3.63, 3.8) is 0 Å². The molecule has 14 heteroatoms. The van der Waals surface area contributed by atoms with Crippen LogP contribution in [0.3, 0.4) is 0 Å². The Labute approximate surface area is 520 Å². The van der Waals surface area contributed by atoms with Gasteiger partial charge in [-0.05, 0) is 19.3 Å². The first kappa shape index (κ1) is 79.8. The van der Waals surface area contributed by atoms with Gasteiger partial charge in [0, 0.05) is 6.42 Å². The summed E-state index contributed by atoms with van der Waals surface area (Å²) >= 11 is 0. The minimum absolute atomic E-state index is 0.232. The fourth-order valence-corrected chi connectivity index (χ4v) is 12.4. The van der Waals surface area contributed by atoms with Gasteiger partial charge in [0.05, 0.1) is 32.0 Å². The summed E-state index contributed by atoms with van der Waals surface area (Å²) in [6.07, 6.45) is 53.1. The summed E-state index contributed by atoms with van der Waals surface area (Å²) in [5.74, 6) is -0.232. The molecule has 85 heavy (non-hydrogen) atoms. The van der Waals surface area contributed by atoms with Gasteiger partial charge in [0.1, 0.15) is 48.8 Å². The molecule has 504 valence electrons. The van der Waals surface area contributed by atoms with Gasteiger partial charge < -0.3 is 65.1 Å². The number of nitrogens with one attached hydrogen (secondary N) is 1. The average molecular weight is 1210 g/mol. The molecule has 9 N–H and O–H groups in total. The first-order chi connectivity index (χ1) is 41.6. The Kier molecular flexibility index (Phi) is 53.2. The number of hydrogen-bond acceptors (Lipinski definition) is 13. The monoisotopic (exact) mass is 1210 g/mol. The Bertz CT molecular complexity index is 1470. The molecule has 2 fully saturated rings. The van der Waals surface area contributed by atoms with Gasteiger partial charge >= 0.3 is 0 Å². The highest BCUT2D eigenvalue weighted by Crippen LogP contribution is 2.30. The summed E-state index contributed by atoms with van der Waals surface area (Å²) < 4.78 is 22.8. The van der Waals surface area contributed by atoms with E-state index in [4.69, 9.17) is 18.9 Å². The summed E-state index contributed by atoms with van der Waals surface area (Å²) in [5.41, 5.74) is 0. The summed E-state index contributed by atoms with van der Waals surface area (Å²) in [6.45, 7) is 2.84. The number of rotatable bonds is 61. The van der Waals surface area contributed by atoms with Crippen molar-refractivity contribution in [2.75, 3.05) is 19.8 Å². The van der Waals surface area contributed by atoms with Gasteiger partial charge in [0.15, 0.2) is 12.6 Å². The van der Waals surface area contributed by atoms with Crippen molar-refractivity contribution in [3.05, 3.63) is 12.2 Å². The predicted octanol–water partition coefficient (Wildman–Crippen LogP) is 15.0. The smallest absolute Gasteiger partial charge is 0.220 e. The molecule has 0 radical (unpaired) electrons. The number of carbonyl (C=O) groups excluding carboxylic acids is 1. The summed E-state index contributed by atoms with van der Waals surface area (Å²) in [5, 5.41) is 87.2. The fraction of sp³-hybridized carbons (Fsp3) is 0.958. The van der Waals surface area contributed by atoms with E-state index in [1.165, 1.54) is 276 Å². The number of aliphatic hydroxyl groups is 8. The molecule has 2 aliphatic heterocycles. The van der Waals surface area contributed by atoms with Crippen molar-refractivity contribution in [1.29, 1.82) is 0 Å². The number of aliphatic hydroxyl groups excluding tert-OH is 8. The summed E-state index contributed by atoms with van der Waals surface area (Å²) in [6, 6.07) is -0.910. The Morgan fingerprint density at radius 1 is 0.412 bits per heavy atom. The van der Waals surface area contributed by atoms with E-state index >= 15 is 0 Å². The van der Waals surface area contributed by atoms with E-state index in [9.17, 15) is 45.6 Å². The SMILES string of the molecule is CCCCCCCCCCCCC/C=C/C(O)C(COC1OC(CO)C(OC2OC(CO)C(O)C(O)C2O)C(O)C1O)NC(=O)CCCCCCCCCCCCCCCCCCCCCCCCCCCCCCCCCCCCCCCC. The zero-order valence-electron chi connectivity index (χ0n) is 54.9. The van der Waals surface area contributed by atoms with Crippen LogP contribution in [0.4, 0.5) is 0 Å². The largest absolute Gasteiger partial charge is 0.394 e. The standard InChI is InChI=1S/C71H137NO13/c1-3-5-7-9-11-13-15-17-18-19-20-21-22-23-24-25-26-27-28-29-30-31-32-33-34-35-36-37-38-39-40-41-43-45-47-49-51-53-55-63(76)72-59(60(75)54-52-50-48-46-44-42-16-14-12-10-8-6-4-2)58-82-70-68(81)66(79)69(62(57-74)84-70)85-71-67(80)65(78)64(77)61(56-73)83-71/h52,54,59-62,64-71,73-75,77-81H,3-51,53,55-58H2,1-2H3,(H,72,76)/b54-52+. The van der Waals surface area contributed by atoms with Crippen LogP contribution >= 0.6 is 0 Å². The molecule has 2 aliphatic rings. The lowest BCUT2D eigenvalue weighted by atomic mass is 9.97. The molecule has 0 aliphatic carbocycles. The molecule has 2 heterocycles. The lowest BCUT2D eigenvalue weighted by Gasteiger charge is -2.46. The van der Waals surface area contributed by atoms with Crippen LogP contribution in [0.25, 0.3) is 0 Å². The third kappa shape index (κ3) is 41.0. The first-order valence-corrected chi connectivity index (χ1v) is 36.4.